The van der Waals surface area contributed by atoms with Crippen molar-refractivity contribution in [3.63, 3.8) is 0 Å². The van der Waals surface area contributed by atoms with Crippen LogP contribution in [0.25, 0.3) is 10.9 Å². The fourth-order valence-electron chi connectivity index (χ4n) is 3.14. The highest BCUT2D eigenvalue weighted by Crippen LogP contribution is 2.43. The third-order valence-electron chi connectivity index (χ3n) is 4.23. The van der Waals surface area contributed by atoms with Gasteiger partial charge in [0.2, 0.25) is 5.91 Å². The summed E-state index contributed by atoms with van der Waals surface area (Å²) in [5.41, 5.74) is 1.66. The van der Waals surface area contributed by atoms with Gasteiger partial charge in [0.25, 0.3) is 0 Å². The first-order chi connectivity index (χ1) is 11.9. The molecular formula is C16H10N3O5S-. The minimum Gasteiger partial charge on any atom is -0.744 e. The Morgan fingerprint density at radius 1 is 1.12 bits per heavy atom. The lowest BCUT2D eigenvalue weighted by Crippen LogP contribution is -2.13. The Balaban J connectivity index is 1.97. The van der Waals surface area contributed by atoms with E-state index in [4.69, 9.17) is 0 Å². The number of aromatic amines is 1. The van der Waals surface area contributed by atoms with Crippen molar-refractivity contribution in [2.45, 2.75) is 10.8 Å². The van der Waals surface area contributed by atoms with Crippen LogP contribution in [0.4, 0.5) is 11.4 Å². The molecular weight excluding hydrogens is 346 g/mol. The molecule has 1 amide bonds. The van der Waals surface area contributed by atoms with Crippen LogP contribution in [0.15, 0.2) is 52.5 Å². The number of anilines is 1. The maximum absolute atomic E-state index is 12.4. The van der Waals surface area contributed by atoms with Crippen LogP contribution in [-0.2, 0) is 14.9 Å². The number of H-pyrrole nitrogens is 1. The lowest BCUT2D eigenvalue weighted by atomic mass is 9.96. The Hall–Kier alpha value is -3.04. The van der Waals surface area contributed by atoms with E-state index in [0.29, 0.717) is 22.2 Å². The van der Waals surface area contributed by atoms with Crippen LogP contribution >= 0.6 is 0 Å². The number of para-hydroxylation sites is 1. The molecule has 1 aromatic heterocycles. The molecule has 2 heterocycles. The normalized spacial score (nSPS) is 16.7. The standard InChI is InChI=1S/C16H11N3O5S/c20-16-13(10-7-8(25(22,23)24)5-6-12(10)18-16)15-14(19-21)9-3-1-2-4-11(9)17-15/h1-7,13,17H,(H,18,20)(H,22,23,24)/p-1. The number of carbonyl (C=O) groups is 1. The smallest absolute Gasteiger partial charge is 0.238 e. The van der Waals surface area contributed by atoms with Crippen LogP contribution in [0.1, 0.15) is 17.2 Å². The number of nitrogens with zero attached hydrogens (tertiary/aromatic N) is 1. The number of nitrogens with one attached hydrogen (secondary N) is 2. The van der Waals surface area contributed by atoms with Crippen molar-refractivity contribution >= 4 is 38.3 Å². The van der Waals surface area contributed by atoms with Gasteiger partial charge in [-0.15, -0.1) is 4.91 Å². The van der Waals surface area contributed by atoms with Gasteiger partial charge in [0.05, 0.1) is 10.6 Å². The van der Waals surface area contributed by atoms with E-state index in [1.807, 2.05) is 0 Å². The summed E-state index contributed by atoms with van der Waals surface area (Å²) >= 11 is 0. The average molecular weight is 356 g/mol. The van der Waals surface area contributed by atoms with Crippen molar-refractivity contribution in [3.05, 3.63) is 58.6 Å². The van der Waals surface area contributed by atoms with E-state index in [0.717, 1.165) is 12.1 Å². The molecule has 126 valence electrons. The molecule has 25 heavy (non-hydrogen) atoms. The van der Waals surface area contributed by atoms with Crippen LogP contribution in [0.2, 0.25) is 0 Å². The van der Waals surface area contributed by atoms with Crippen molar-refractivity contribution in [1.29, 1.82) is 0 Å². The summed E-state index contributed by atoms with van der Waals surface area (Å²) in [6.07, 6.45) is 0. The minimum atomic E-state index is -4.67. The molecule has 4 rings (SSSR count). The highest BCUT2D eigenvalue weighted by Gasteiger charge is 2.36. The van der Waals surface area contributed by atoms with E-state index in [-0.39, 0.29) is 11.4 Å². The van der Waals surface area contributed by atoms with Gasteiger partial charge in [0.15, 0.2) is 0 Å². The van der Waals surface area contributed by atoms with Gasteiger partial charge in [0.1, 0.15) is 21.7 Å². The Bertz CT molecular complexity index is 1150. The molecule has 1 atom stereocenters. The van der Waals surface area contributed by atoms with Crippen LogP contribution in [0.3, 0.4) is 0 Å². The topological polar surface area (TPSA) is 132 Å². The molecule has 0 saturated heterocycles. The van der Waals surface area contributed by atoms with Gasteiger partial charge >= 0.3 is 0 Å². The number of rotatable bonds is 3. The molecule has 9 heteroatoms. The summed E-state index contributed by atoms with van der Waals surface area (Å²) < 4.78 is 33.9. The fraction of sp³-hybridized carbons (Fsp3) is 0.0625. The van der Waals surface area contributed by atoms with Crippen molar-refractivity contribution in [2.75, 3.05) is 5.32 Å². The molecule has 0 saturated carbocycles. The number of nitroso groups, excluding NO2 is 1. The van der Waals surface area contributed by atoms with Crippen LogP contribution in [0.5, 0.6) is 0 Å². The van der Waals surface area contributed by atoms with E-state index in [2.05, 4.69) is 15.5 Å². The zero-order valence-electron chi connectivity index (χ0n) is 12.5. The zero-order chi connectivity index (χ0) is 17.8. The highest BCUT2D eigenvalue weighted by atomic mass is 32.2. The van der Waals surface area contributed by atoms with Crippen molar-refractivity contribution in [2.24, 2.45) is 5.18 Å². The van der Waals surface area contributed by atoms with Crippen LogP contribution in [0, 0.1) is 4.91 Å². The monoisotopic (exact) mass is 356 g/mol. The molecule has 1 aliphatic heterocycles. The SMILES string of the molecule is O=Nc1c(C2C(=O)Nc3ccc(S(=O)(=O)[O-])cc32)[nH]c2ccccc12. The second-order valence-electron chi connectivity index (χ2n) is 5.65. The molecule has 3 aromatic rings. The molecule has 8 nitrogen and oxygen atoms in total. The summed E-state index contributed by atoms with van der Waals surface area (Å²) in [4.78, 5) is 26.4. The predicted molar refractivity (Wildman–Crippen MR) is 88.6 cm³/mol. The maximum atomic E-state index is 12.4. The number of carbonyl (C=O) groups excluding carboxylic acids is 1. The van der Waals surface area contributed by atoms with E-state index >= 15 is 0 Å². The first-order valence-corrected chi connectivity index (χ1v) is 8.65. The molecule has 2 aromatic carbocycles. The summed E-state index contributed by atoms with van der Waals surface area (Å²) in [5.74, 6) is -1.40. The van der Waals surface area contributed by atoms with Gasteiger partial charge in [-0.05, 0) is 35.0 Å². The number of fused-ring (bicyclic) bond motifs is 2. The second-order valence-corrected chi connectivity index (χ2v) is 7.03. The van der Waals surface area contributed by atoms with E-state index in [1.54, 1.807) is 24.3 Å². The Kier molecular flexibility index (Phi) is 3.24. The Morgan fingerprint density at radius 3 is 2.60 bits per heavy atom. The van der Waals surface area contributed by atoms with E-state index in [1.165, 1.54) is 6.07 Å². The van der Waals surface area contributed by atoms with Gasteiger partial charge in [0, 0.05) is 16.6 Å². The van der Waals surface area contributed by atoms with Crippen LogP contribution in [-0.4, -0.2) is 23.9 Å². The summed E-state index contributed by atoms with van der Waals surface area (Å²) in [6, 6.07) is 10.6. The molecule has 2 N–H and O–H groups in total. The lowest BCUT2D eigenvalue weighted by Gasteiger charge is -2.11. The first-order valence-electron chi connectivity index (χ1n) is 7.25. The quantitative estimate of drug-likeness (QED) is 0.550. The van der Waals surface area contributed by atoms with E-state index < -0.39 is 26.8 Å². The number of aromatic nitrogens is 1. The van der Waals surface area contributed by atoms with Gasteiger partial charge in [-0.25, -0.2) is 8.42 Å². The average Bonchev–Trinajstić information content (AvgIpc) is 3.08. The summed E-state index contributed by atoms with van der Waals surface area (Å²) in [7, 11) is -4.67. The third-order valence-corrected chi connectivity index (χ3v) is 5.06. The minimum absolute atomic E-state index is 0.0824. The number of amides is 1. The largest absolute Gasteiger partial charge is 0.744 e. The van der Waals surface area contributed by atoms with Gasteiger partial charge in [-0.3, -0.25) is 4.79 Å². The Morgan fingerprint density at radius 2 is 1.88 bits per heavy atom. The Labute approximate surface area is 141 Å². The summed E-state index contributed by atoms with van der Waals surface area (Å²) in [5, 5.41) is 6.22. The maximum Gasteiger partial charge on any atom is 0.238 e. The van der Waals surface area contributed by atoms with Gasteiger partial charge in [-0.2, -0.15) is 0 Å². The van der Waals surface area contributed by atoms with E-state index in [9.17, 15) is 22.7 Å². The molecule has 0 radical (unpaired) electrons. The molecule has 0 spiro atoms. The van der Waals surface area contributed by atoms with Crippen molar-refractivity contribution in [1.82, 2.24) is 4.98 Å². The van der Waals surface area contributed by atoms with Crippen molar-refractivity contribution in [3.8, 4) is 0 Å². The van der Waals surface area contributed by atoms with Gasteiger partial charge < -0.3 is 14.9 Å². The summed E-state index contributed by atoms with van der Waals surface area (Å²) in [6.45, 7) is 0. The number of hydrogen-bond acceptors (Lipinski definition) is 6. The highest BCUT2D eigenvalue weighted by molar-refractivity contribution is 7.85. The molecule has 1 unspecified atom stereocenters. The second kappa shape index (κ2) is 5.23. The predicted octanol–water partition coefficient (Wildman–Crippen LogP) is 2.55. The number of hydrogen-bond donors (Lipinski definition) is 2. The zero-order valence-corrected chi connectivity index (χ0v) is 13.3. The fourth-order valence-corrected chi connectivity index (χ4v) is 3.64. The molecule has 0 fully saturated rings. The first kappa shape index (κ1) is 15.5. The lowest BCUT2D eigenvalue weighted by molar-refractivity contribution is -0.116. The van der Waals surface area contributed by atoms with Crippen molar-refractivity contribution < 1.29 is 17.8 Å². The number of benzene rings is 2. The van der Waals surface area contributed by atoms with Crippen LogP contribution < -0.4 is 5.32 Å². The molecule has 0 bridgehead atoms. The molecule has 0 aliphatic carbocycles. The van der Waals surface area contributed by atoms with Gasteiger partial charge in [-0.1, -0.05) is 18.2 Å². The third kappa shape index (κ3) is 2.32. The molecule has 1 aliphatic rings.